The van der Waals surface area contributed by atoms with Crippen molar-refractivity contribution in [1.29, 1.82) is 0 Å². The van der Waals surface area contributed by atoms with Gasteiger partial charge < -0.3 is 15.2 Å². The van der Waals surface area contributed by atoms with Crippen molar-refractivity contribution in [3.8, 4) is 11.5 Å². The third kappa shape index (κ3) is 2.04. The van der Waals surface area contributed by atoms with Crippen molar-refractivity contribution in [2.45, 2.75) is 19.5 Å². The van der Waals surface area contributed by atoms with Crippen molar-refractivity contribution in [3.05, 3.63) is 41.7 Å². The lowest BCUT2D eigenvalue weighted by Crippen LogP contribution is -2.18. The number of aryl methyl sites for hydroxylation is 1. The van der Waals surface area contributed by atoms with Gasteiger partial charge in [-0.15, -0.1) is 0 Å². The summed E-state index contributed by atoms with van der Waals surface area (Å²) in [6.45, 7) is 2.89. The summed E-state index contributed by atoms with van der Waals surface area (Å²) in [6.07, 6.45) is 1.93. The number of hydrogen-bond acceptors (Lipinski definition) is 4. The number of fused-ring (bicyclic) bond motifs is 1. The van der Waals surface area contributed by atoms with E-state index in [1.165, 1.54) is 0 Å². The Morgan fingerprint density at radius 3 is 2.94 bits per heavy atom. The monoisotopic (exact) mass is 245 g/mol. The van der Waals surface area contributed by atoms with Gasteiger partial charge in [-0.1, -0.05) is 6.07 Å². The average molecular weight is 245 g/mol. The standard InChI is InChI=1S/C13H15N3O2/c1-9-4-5-16(15-9)7-11(14)10-2-3-12-13(6-10)18-8-17-12/h2-6,11H,7-8,14H2,1H3. The van der Waals surface area contributed by atoms with Crippen molar-refractivity contribution in [3.63, 3.8) is 0 Å². The van der Waals surface area contributed by atoms with Crippen LogP contribution in [0.15, 0.2) is 30.5 Å². The molecule has 2 aromatic rings. The summed E-state index contributed by atoms with van der Waals surface area (Å²) in [4.78, 5) is 0. The number of rotatable bonds is 3. The first-order valence-electron chi connectivity index (χ1n) is 5.87. The summed E-state index contributed by atoms with van der Waals surface area (Å²) in [5, 5.41) is 4.33. The van der Waals surface area contributed by atoms with Gasteiger partial charge in [-0.2, -0.15) is 5.10 Å². The molecule has 0 radical (unpaired) electrons. The van der Waals surface area contributed by atoms with Gasteiger partial charge in [0, 0.05) is 12.2 Å². The fourth-order valence-corrected chi connectivity index (χ4v) is 2.02. The Bertz CT molecular complexity index is 565. The molecule has 0 bridgehead atoms. The number of ether oxygens (including phenoxy) is 2. The van der Waals surface area contributed by atoms with Crippen LogP contribution in [0.1, 0.15) is 17.3 Å². The maximum absolute atomic E-state index is 6.17. The van der Waals surface area contributed by atoms with Crippen LogP contribution in [0.3, 0.4) is 0 Å². The van der Waals surface area contributed by atoms with E-state index in [0.717, 1.165) is 22.8 Å². The average Bonchev–Trinajstić information content (AvgIpc) is 2.96. The molecule has 0 saturated heterocycles. The lowest BCUT2D eigenvalue weighted by molar-refractivity contribution is 0.174. The molecular formula is C13H15N3O2. The van der Waals surface area contributed by atoms with Crippen LogP contribution in [0.2, 0.25) is 0 Å². The number of benzene rings is 1. The van der Waals surface area contributed by atoms with Crippen LogP contribution >= 0.6 is 0 Å². The van der Waals surface area contributed by atoms with Crippen LogP contribution in [0.4, 0.5) is 0 Å². The maximum Gasteiger partial charge on any atom is 0.231 e. The summed E-state index contributed by atoms with van der Waals surface area (Å²) in [5.74, 6) is 1.54. The van der Waals surface area contributed by atoms with E-state index in [4.69, 9.17) is 15.2 Å². The molecule has 0 saturated carbocycles. The van der Waals surface area contributed by atoms with Crippen LogP contribution < -0.4 is 15.2 Å². The molecule has 1 aromatic carbocycles. The molecule has 3 rings (SSSR count). The molecule has 0 fully saturated rings. The van der Waals surface area contributed by atoms with Crippen LogP contribution in [-0.4, -0.2) is 16.6 Å². The second kappa shape index (κ2) is 4.34. The minimum Gasteiger partial charge on any atom is -0.454 e. The summed E-state index contributed by atoms with van der Waals surface area (Å²) < 4.78 is 12.5. The van der Waals surface area contributed by atoms with E-state index in [1.807, 2.05) is 42.1 Å². The highest BCUT2D eigenvalue weighted by atomic mass is 16.7. The van der Waals surface area contributed by atoms with Gasteiger partial charge in [-0.3, -0.25) is 4.68 Å². The van der Waals surface area contributed by atoms with Crippen molar-refractivity contribution < 1.29 is 9.47 Å². The number of hydrogen-bond donors (Lipinski definition) is 1. The van der Waals surface area contributed by atoms with Crippen molar-refractivity contribution in [2.24, 2.45) is 5.73 Å². The topological polar surface area (TPSA) is 62.3 Å². The predicted molar refractivity (Wildman–Crippen MR) is 66.5 cm³/mol. The molecule has 0 spiro atoms. The Morgan fingerprint density at radius 1 is 1.33 bits per heavy atom. The highest BCUT2D eigenvalue weighted by molar-refractivity contribution is 5.45. The molecule has 5 nitrogen and oxygen atoms in total. The van der Waals surface area contributed by atoms with Gasteiger partial charge in [-0.25, -0.2) is 0 Å². The summed E-state index contributed by atoms with van der Waals surface area (Å²) in [7, 11) is 0. The first-order valence-corrected chi connectivity index (χ1v) is 5.87. The molecule has 1 atom stereocenters. The normalized spacial score (nSPS) is 14.8. The van der Waals surface area contributed by atoms with E-state index < -0.39 is 0 Å². The molecule has 0 amide bonds. The lowest BCUT2D eigenvalue weighted by Gasteiger charge is -2.12. The highest BCUT2D eigenvalue weighted by Gasteiger charge is 2.16. The van der Waals surface area contributed by atoms with Crippen molar-refractivity contribution in [1.82, 2.24) is 9.78 Å². The molecular weight excluding hydrogens is 230 g/mol. The Hall–Kier alpha value is -2.01. The molecule has 1 aliphatic heterocycles. The predicted octanol–water partition coefficient (Wildman–Crippen LogP) is 1.62. The molecule has 5 heteroatoms. The quantitative estimate of drug-likeness (QED) is 0.892. The summed E-state index contributed by atoms with van der Waals surface area (Å²) in [6, 6.07) is 7.65. The second-order valence-electron chi connectivity index (χ2n) is 4.40. The third-order valence-electron chi connectivity index (χ3n) is 2.98. The Morgan fingerprint density at radius 2 is 2.17 bits per heavy atom. The van der Waals surface area contributed by atoms with Crippen LogP contribution in [0, 0.1) is 6.92 Å². The first-order chi connectivity index (χ1) is 8.72. The fraction of sp³-hybridized carbons (Fsp3) is 0.308. The zero-order chi connectivity index (χ0) is 12.5. The van der Waals surface area contributed by atoms with Crippen LogP contribution in [0.5, 0.6) is 11.5 Å². The zero-order valence-electron chi connectivity index (χ0n) is 10.2. The van der Waals surface area contributed by atoms with Gasteiger partial charge in [0.25, 0.3) is 0 Å². The number of nitrogens with zero attached hydrogens (tertiary/aromatic N) is 2. The van der Waals surface area contributed by atoms with E-state index in [-0.39, 0.29) is 12.8 Å². The van der Waals surface area contributed by atoms with Crippen molar-refractivity contribution in [2.75, 3.05) is 6.79 Å². The third-order valence-corrected chi connectivity index (χ3v) is 2.98. The number of aromatic nitrogens is 2. The minimum absolute atomic E-state index is 0.112. The van der Waals surface area contributed by atoms with Crippen LogP contribution in [-0.2, 0) is 6.54 Å². The maximum atomic E-state index is 6.17. The second-order valence-corrected chi connectivity index (χ2v) is 4.40. The van der Waals surface area contributed by atoms with Gasteiger partial charge in [0.1, 0.15) is 0 Å². The molecule has 18 heavy (non-hydrogen) atoms. The molecule has 94 valence electrons. The molecule has 2 N–H and O–H groups in total. The van der Waals surface area contributed by atoms with Crippen LogP contribution in [0.25, 0.3) is 0 Å². The van der Waals surface area contributed by atoms with Gasteiger partial charge in [0.15, 0.2) is 11.5 Å². The number of nitrogens with two attached hydrogens (primary N) is 1. The van der Waals surface area contributed by atoms with Gasteiger partial charge in [0.2, 0.25) is 6.79 Å². The smallest absolute Gasteiger partial charge is 0.231 e. The van der Waals surface area contributed by atoms with Crippen molar-refractivity contribution >= 4 is 0 Å². The largest absolute Gasteiger partial charge is 0.454 e. The van der Waals surface area contributed by atoms with E-state index in [2.05, 4.69) is 5.10 Å². The SMILES string of the molecule is Cc1ccn(CC(N)c2ccc3c(c2)OCO3)n1. The molecule has 1 aromatic heterocycles. The molecule has 2 heterocycles. The Kier molecular flexibility index (Phi) is 2.68. The van der Waals surface area contributed by atoms with Gasteiger partial charge in [-0.05, 0) is 30.7 Å². The minimum atomic E-state index is -0.112. The Labute approximate surface area is 105 Å². The van der Waals surface area contributed by atoms with Gasteiger partial charge in [0.05, 0.1) is 12.2 Å². The molecule has 1 aliphatic rings. The zero-order valence-corrected chi connectivity index (χ0v) is 10.2. The highest BCUT2D eigenvalue weighted by Crippen LogP contribution is 2.33. The summed E-state index contributed by atoms with van der Waals surface area (Å²) in [5.41, 5.74) is 8.19. The lowest BCUT2D eigenvalue weighted by atomic mass is 10.1. The molecule has 0 aliphatic carbocycles. The van der Waals surface area contributed by atoms with E-state index in [9.17, 15) is 0 Å². The van der Waals surface area contributed by atoms with E-state index >= 15 is 0 Å². The van der Waals surface area contributed by atoms with E-state index in [0.29, 0.717) is 6.54 Å². The van der Waals surface area contributed by atoms with Gasteiger partial charge >= 0.3 is 0 Å². The first kappa shape index (κ1) is 11.1. The molecule has 1 unspecified atom stereocenters. The van der Waals surface area contributed by atoms with E-state index in [1.54, 1.807) is 0 Å². The summed E-state index contributed by atoms with van der Waals surface area (Å²) >= 11 is 0. The Balaban J connectivity index is 1.78. The fourth-order valence-electron chi connectivity index (χ4n) is 2.02.